The number of amides is 1. The van der Waals surface area contributed by atoms with Crippen molar-refractivity contribution in [2.45, 2.75) is 37.4 Å². The molecule has 13 heteroatoms. The van der Waals surface area contributed by atoms with Gasteiger partial charge in [-0.05, 0) is 49.6 Å². The van der Waals surface area contributed by atoms with Crippen molar-refractivity contribution in [3.05, 3.63) is 46.8 Å². The highest BCUT2D eigenvalue weighted by Crippen LogP contribution is 2.35. The first-order valence-electron chi connectivity index (χ1n) is 12.5. The van der Waals surface area contributed by atoms with E-state index < -0.39 is 20.7 Å². The number of hydrogen-bond acceptors (Lipinski definition) is 9. The predicted octanol–water partition coefficient (Wildman–Crippen LogP) is 0.945. The Morgan fingerprint density at radius 2 is 1.73 bits per heavy atom. The van der Waals surface area contributed by atoms with Crippen LogP contribution in [0.5, 0.6) is 5.75 Å². The monoisotopic (exact) mass is 534 g/mol. The van der Waals surface area contributed by atoms with E-state index in [4.69, 9.17) is 4.74 Å². The molecule has 1 amide bonds. The van der Waals surface area contributed by atoms with Gasteiger partial charge in [0.15, 0.2) is 4.75 Å². The number of hydroxylamine groups is 1. The summed E-state index contributed by atoms with van der Waals surface area (Å²) in [5.74, 6) is 0.367. The molecule has 0 unspecified atom stereocenters. The van der Waals surface area contributed by atoms with Crippen LogP contribution in [0.25, 0.3) is 0 Å². The number of rotatable bonds is 9. The summed E-state index contributed by atoms with van der Waals surface area (Å²) in [4.78, 5) is 28.0. The number of nitrogens with zero attached hydrogens (tertiary/aromatic N) is 4. The fraction of sp³-hybridized carbons (Fsp3) is 0.542. The molecule has 3 N–H and O–H groups in total. The van der Waals surface area contributed by atoms with Crippen LogP contribution in [0, 0.1) is 0 Å². The first kappa shape index (κ1) is 26.9. The minimum Gasteiger partial charge on any atom is -0.494 e. The molecule has 0 spiro atoms. The summed E-state index contributed by atoms with van der Waals surface area (Å²) in [6.45, 7) is 4.62. The molecule has 2 aliphatic rings. The molecule has 37 heavy (non-hydrogen) atoms. The number of ether oxygens (including phenoxy) is 1. The van der Waals surface area contributed by atoms with Crippen molar-refractivity contribution in [1.29, 1.82) is 0 Å². The third-order valence-electron chi connectivity index (χ3n) is 7.12. The topological polar surface area (TPSA) is 148 Å². The van der Waals surface area contributed by atoms with Crippen molar-refractivity contribution in [3.8, 4) is 5.75 Å². The molecule has 0 atom stereocenters. The Bertz CT molecular complexity index is 1200. The molecule has 2 fully saturated rings. The molecular weight excluding hydrogens is 500 g/mol. The summed E-state index contributed by atoms with van der Waals surface area (Å²) in [5, 5.41) is 15.8. The van der Waals surface area contributed by atoms with Gasteiger partial charge in [-0.2, -0.15) is 9.40 Å². The number of aromatic amines is 1. The number of piperidine rings is 1. The lowest BCUT2D eigenvalue weighted by Crippen LogP contribution is -2.63. The van der Waals surface area contributed by atoms with Crippen LogP contribution >= 0.6 is 0 Å². The largest absolute Gasteiger partial charge is 0.494 e. The average molecular weight is 535 g/mol. The number of piperazine rings is 1. The van der Waals surface area contributed by atoms with Crippen molar-refractivity contribution >= 4 is 27.4 Å². The van der Waals surface area contributed by atoms with E-state index in [-0.39, 0.29) is 44.6 Å². The second kappa shape index (κ2) is 11.5. The summed E-state index contributed by atoms with van der Waals surface area (Å²) in [5.41, 5.74) is 2.23. The van der Waals surface area contributed by atoms with E-state index >= 15 is 0 Å². The number of hydrogen-bond donors (Lipinski definition) is 3. The third-order valence-corrected chi connectivity index (χ3v) is 9.74. The highest BCUT2D eigenvalue weighted by atomic mass is 32.2. The number of anilines is 2. The fourth-order valence-corrected chi connectivity index (χ4v) is 6.95. The van der Waals surface area contributed by atoms with Gasteiger partial charge in [0.05, 0.1) is 6.61 Å². The Morgan fingerprint density at radius 3 is 2.30 bits per heavy atom. The first-order valence-corrected chi connectivity index (χ1v) is 14.0. The van der Waals surface area contributed by atoms with E-state index in [1.165, 1.54) is 10.4 Å². The lowest BCUT2D eigenvalue weighted by Gasteiger charge is -2.44. The number of unbranched alkanes of at least 4 members (excludes halogenated alkanes) is 1. The molecule has 12 nitrogen and oxygen atoms in total. The minimum absolute atomic E-state index is 0.0256. The molecule has 1 aromatic heterocycles. The standard InChI is InChI=1S/C24H34N6O6S/c1-2-3-18-36-20-6-4-19(5-7-20)28-14-16-30(17-15-28)37(34,35)24(23(32)27-33)10-12-29(13-11-24)21-8-9-22(31)26-25-21/h4-9,33H,2-3,10-18H2,1H3,(H,26,31)(H,27,32). The van der Waals surface area contributed by atoms with Gasteiger partial charge < -0.3 is 14.5 Å². The fourth-order valence-electron chi connectivity index (χ4n) is 4.84. The first-order chi connectivity index (χ1) is 17.8. The summed E-state index contributed by atoms with van der Waals surface area (Å²) < 4.78 is 32.9. The van der Waals surface area contributed by atoms with E-state index in [2.05, 4.69) is 22.0 Å². The van der Waals surface area contributed by atoms with Crippen LogP contribution in [0.15, 0.2) is 41.2 Å². The van der Waals surface area contributed by atoms with Crippen LogP contribution in [-0.4, -0.2) is 84.7 Å². The van der Waals surface area contributed by atoms with Crippen molar-refractivity contribution < 1.29 is 23.2 Å². The molecule has 0 saturated carbocycles. The van der Waals surface area contributed by atoms with Gasteiger partial charge in [0.2, 0.25) is 10.0 Å². The van der Waals surface area contributed by atoms with E-state index in [0.717, 1.165) is 24.3 Å². The molecule has 2 saturated heterocycles. The van der Waals surface area contributed by atoms with Crippen LogP contribution < -0.4 is 25.6 Å². The van der Waals surface area contributed by atoms with E-state index in [1.54, 1.807) is 11.5 Å². The Morgan fingerprint density at radius 1 is 1.05 bits per heavy atom. The summed E-state index contributed by atoms with van der Waals surface area (Å²) >= 11 is 0. The van der Waals surface area contributed by atoms with Crippen molar-refractivity contribution in [2.75, 3.05) is 55.7 Å². The maximum absolute atomic E-state index is 13.8. The number of H-pyrrole nitrogens is 1. The molecular formula is C24H34N6O6S. The molecule has 2 aromatic rings. The van der Waals surface area contributed by atoms with Gasteiger partial charge in [0, 0.05) is 51.0 Å². The predicted molar refractivity (Wildman–Crippen MR) is 139 cm³/mol. The Labute approximate surface area is 216 Å². The summed E-state index contributed by atoms with van der Waals surface area (Å²) in [7, 11) is -4.09. The van der Waals surface area contributed by atoms with Gasteiger partial charge in [-0.25, -0.2) is 19.0 Å². The number of nitrogens with one attached hydrogen (secondary N) is 2. The maximum Gasteiger partial charge on any atom is 0.266 e. The Balaban J connectivity index is 1.42. The van der Waals surface area contributed by atoms with Gasteiger partial charge >= 0.3 is 0 Å². The van der Waals surface area contributed by atoms with Gasteiger partial charge in [-0.3, -0.25) is 14.8 Å². The zero-order valence-corrected chi connectivity index (χ0v) is 21.7. The van der Waals surface area contributed by atoms with E-state index in [0.29, 0.717) is 25.5 Å². The van der Waals surface area contributed by atoms with E-state index in [1.807, 2.05) is 29.2 Å². The third kappa shape index (κ3) is 5.58. The van der Waals surface area contributed by atoms with Gasteiger partial charge in [-0.15, -0.1) is 0 Å². The van der Waals surface area contributed by atoms with Crippen molar-refractivity contribution in [2.24, 2.45) is 0 Å². The van der Waals surface area contributed by atoms with Crippen LogP contribution in [-0.2, 0) is 14.8 Å². The summed E-state index contributed by atoms with van der Waals surface area (Å²) in [6, 6.07) is 10.7. The average Bonchev–Trinajstić information content (AvgIpc) is 2.93. The normalized spacial score (nSPS) is 18.4. The van der Waals surface area contributed by atoms with E-state index in [9.17, 15) is 23.2 Å². The van der Waals surface area contributed by atoms with Crippen LogP contribution in [0.2, 0.25) is 0 Å². The number of carbonyl (C=O) groups is 1. The number of benzene rings is 1. The molecule has 0 radical (unpaired) electrons. The SMILES string of the molecule is CCCCOc1ccc(N2CCN(S(=O)(=O)C3(C(=O)NO)CCN(c4ccc(=O)[nH]n4)CC3)CC2)cc1. The molecule has 4 rings (SSSR count). The van der Waals surface area contributed by atoms with Gasteiger partial charge in [-0.1, -0.05) is 13.3 Å². The van der Waals surface area contributed by atoms with Gasteiger partial charge in [0.25, 0.3) is 11.5 Å². The summed E-state index contributed by atoms with van der Waals surface area (Å²) in [6.07, 6.45) is 2.01. The smallest absolute Gasteiger partial charge is 0.266 e. The number of carbonyl (C=O) groups excluding carboxylic acids is 1. The number of aromatic nitrogens is 2. The second-order valence-corrected chi connectivity index (χ2v) is 11.5. The second-order valence-electron chi connectivity index (χ2n) is 9.29. The van der Waals surface area contributed by atoms with Gasteiger partial charge in [0.1, 0.15) is 11.6 Å². The quantitative estimate of drug-likeness (QED) is 0.243. The zero-order chi connectivity index (χ0) is 26.5. The van der Waals surface area contributed by atoms with Crippen LogP contribution in [0.1, 0.15) is 32.6 Å². The Hall–Kier alpha value is -3.16. The molecule has 0 bridgehead atoms. The minimum atomic E-state index is -4.09. The highest BCUT2D eigenvalue weighted by Gasteiger charge is 2.55. The van der Waals surface area contributed by atoms with Crippen LogP contribution in [0.4, 0.5) is 11.5 Å². The zero-order valence-electron chi connectivity index (χ0n) is 20.9. The molecule has 202 valence electrons. The molecule has 1 aromatic carbocycles. The lowest BCUT2D eigenvalue weighted by molar-refractivity contribution is -0.132. The molecule has 2 aliphatic heterocycles. The number of sulfonamides is 1. The molecule has 0 aliphatic carbocycles. The van der Waals surface area contributed by atoms with Crippen molar-refractivity contribution in [1.82, 2.24) is 20.0 Å². The maximum atomic E-state index is 13.8. The lowest BCUT2D eigenvalue weighted by atomic mass is 9.95. The van der Waals surface area contributed by atoms with Crippen molar-refractivity contribution in [3.63, 3.8) is 0 Å². The highest BCUT2D eigenvalue weighted by molar-refractivity contribution is 7.91. The Kier molecular flexibility index (Phi) is 8.35. The van der Waals surface area contributed by atoms with Crippen LogP contribution in [0.3, 0.4) is 0 Å². The molecule has 3 heterocycles.